The molecule has 2 heterocycles. The third kappa shape index (κ3) is 3.88. The third-order valence-corrected chi connectivity index (χ3v) is 4.60. The summed E-state index contributed by atoms with van der Waals surface area (Å²) in [7, 11) is 0. The molecule has 0 radical (unpaired) electrons. The van der Waals surface area contributed by atoms with Gasteiger partial charge in [-0.15, -0.1) is 46.7 Å². The summed E-state index contributed by atoms with van der Waals surface area (Å²) < 4.78 is 0. The molecule has 0 unspecified atom stereocenters. The van der Waals surface area contributed by atoms with E-state index in [1.54, 1.807) is 28.7 Å². The fourth-order valence-corrected chi connectivity index (χ4v) is 3.34. The number of nitriles is 2. The molecule has 0 fully saturated rings. The predicted octanol–water partition coefficient (Wildman–Crippen LogP) is 3.98. The molecule has 2 aromatic rings. The van der Waals surface area contributed by atoms with E-state index in [-0.39, 0.29) is 29.5 Å². The van der Waals surface area contributed by atoms with Gasteiger partial charge in [-0.1, -0.05) is 0 Å². The molecule has 0 bridgehead atoms. The molecule has 0 saturated heterocycles. The van der Waals surface area contributed by atoms with Crippen LogP contribution in [0.1, 0.15) is 9.75 Å². The molecule has 0 atom stereocenters. The van der Waals surface area contributed by atoms with Gasteiger partial charge < -0.3 is 5.73 Å². The lowest BCUT2D eigenvalue weighted by Gasteiger charge is -1.89. The second-order valence-corrected chi connectivity index (χ2v) is 5.74. The van der Waals surface area contributed by atoms with Crippen molar-refractivity contribution in [1.29, 1.82) is 10.5 Å². The fraction of sp³-hybridized carbons (Fsp3) is 0.0769. The molecule has 0 amide bonds. The largest absolute Gasteiger partial charge is 0.326 e. The summed E-state index contributed by atoms with van der Waals surface area (Å²) in [6.07, 6.45) is 1.60. The molecule has 0 aliphatic carbocycles. The van der Waals surface area contributed by atoms with Crippen molar-refractivity contribution in [3.63, 3.8) is 0 Å². The highest BCUT2D eigenvalue weighted by atomic mass is 127. The second kappa shape index (κ2) is 7.41. The number of nitrogens with zero attached hydrogens (tertiary/aromatic N) is 2. The Hall–Kier alpha value is -1.19. The van der Waals surface area contributed by atoms with Crippen LogP contribution in [0.2, 0.25) is 0 Å². The Labute approximate surface area is 136 Å². The Balaban J connectivity index is 0.00000180. The summed E-state index contributed by atoms with van der Waals surface area (Å²) in [5, 5.41) is 17.4. The standard InChI is InChI=1S/C13H9N3S2.HI/c14-6-9(7-15)5-10-1-3-12(17-10)13-4-2-11(8-16)18-13;/h1-5H,8,16H2;1H. The summed E-state index contributed by atoms with van der Waals surface area (Å²) in [4.78, 5) is 4.34. The van der Waals surface area contributed by atoms with Crippen molar-refractivity contribution in [2.75, 3.05) is 0 Å². The van der Waals surface area contributed by atoms with Crippen molar-refractivity contribution in [2.24, 2.45) is 5.73 Å². The first-order valence-electron chi connectivity index (χ1n) is 5.17. The van der Waals surface area contributed by atoms with E-state index in [9.17, 15) is 0 Å². The molecule has 6 heteroatoms. The van der Waals surface area contributed by atoms with Gasteiger partial charge in [0.1, 0.15) is 17.7 Å². The van der Waals surface area contributed by atoms with Crippen LogP contribution in [0.5, 0.6) is 0 Å². The average Bonchev–Trinajstić information content (AvgIpc) is 3.04. The SMILES string of the molecule is I.N#CC(C#N)=Cc1ccc(-c2ccc(CN)s2)s1. The van der Waals surface area contributed by atoms with Crippen LogP contribution in [-0.4, -0.2) is 0 Å². The second-order valence-electron chi connectivity index (χ2n) is 3.45. The molecule has 3 nitrogen and oxygen atoms in total. The van der Waals surface area contributed by atoms with E-state index in [0.717, 1.165) is 19.5 Å². The first kappa shape index (κ1) is 15.9. The Kier molecular flexibility index (Phi) is 6.19. The van der Waals surface area contributed by atoms with Crippen LogP contribution in [0, 0.1) is 22.7 Å². The quantitative estimate of drug-likeness (QED) is 0.627. The van der Waals surface area contributed by atoms with Gasteiger partial charge in [-0.3, -0.25) is 0 Å². The van der Waals surface area contributed by atoms with Crippen molar-refractivity contribution in [3.8, 4) is 21.9 Å². The molecule has 0 spiro atoms. The van der Waals surface area contributed by atoms with Gasteiger partial charge in [0.2, 0.25) is 0 Å². The third-order valence-electron chi connectivity index (χ3n) is 2.26. The maximum absolute atomic E-state index is 8.70. The van der Waals surface area contributed by atoms with Crippen molar-refractivity contribution in [1.82, 2.24) is 0 Å². The summed E-state index contributed by atoms with van der Waals surface area (Å²) >= 11 is 3.22. The predicted molar refractivity (Wildman–Crippen MR) is 90.1 cm³/mol. The number of hydrogen-bond donors (Lipinski definition) is 1. The number of rotatable bonds is 3. The highest BCUT2D eigenvalue weighted by molar-refractivity contribution is 14.0. The van der Waals surface area contributed by atoms with Gasteiger partial charge in [0, 0.05) is 26.1 Å². The minimum atomic E-state index is 0. The molecule has 19 heavy (non-hydrogen) atoms. The highest BCUT2D eigenvalue weighted by Gasteiger charge is 2.05. The van der Waals surface area contributed by atoms with Crippen molar-refractivity contribution in [3.05, 3.63) is 39.6 Å². The zero-order valence-corrected chi connectivity index (χ0v) is 13.8. The molecule has 2 N–H and O–H groups in total. The first-order valence-corrected chi connectivity index (χ1v) is 6.81. The van der Waals surface area contributed by atoms with E-state index >= 15 is 0 Å². The van der Waals surface area contributed by atoms with Gasteiger partial charge in [-0.25, -0.2) is 0 Å². The number of halogens is 1. The summed E-state index contributed by atoms with van der Waals surface area (Å²) in [6, 6.07) is 11.7. The first-order chi connectivity index (χ1) is 8.76. The van der Waals surface area contributed by atoms with Crippen LogP contribution >= 0.6 is 46.7 Å². The Bertz CT molecular complexity index is 655. The van der Waals surface area contributed by atoms with Gasteiger partial charge in [0.25, 0.3) is 0 Å². The van der Waals surface area contributed by atoms with Crippen molar-refractivity contribution < 1.29 is 0 Å². The minimum absolute atomic E-state index is 0. The number of nitrogens with two attached hydrogens (primary N) is 1. The van der Waals surface area contributed by atoms with E-state index < -0.39 is 0 Å². The average molecular weight is 399 g/mol. The van der Waals surface area contributed by atoms with E-state index in [4.69, 9.17) is 16.3 Å². The van der Waals surface area contributed by atoms with Gasteiger partial charge >= 0.3 is 0 Å². The van der Waals surface area contributed by atoms with Gasteiger partial charge in [0.05, 0.1) is 0 Å². The van der Waals surface area contributed by atoms with Crippen LogP contribution in [0.25, 0.3) is 15.8 Å². The van der Waals surface area contributed by atoms with Crippen LogP contribution in [0.15, 0.2) is 29.8 Å². The lowest BCUT2D eigenvalue weighted by Crippen LogP contribution is -1.90. The summed E-state index contributed by atoms with van der Waals surface area (Å²) in [5.41, 5.74) is 5.70. The fourth-order valence-electron chi connectivity index (χ4n) is 1.41. The molecule has 0 aliphatic heterocycles. The van der Waals surface area contributed by atoms with Crippen molar-refractivity contribution >= 4 is 52.7 Å². The molecular formula is C13H10IN3S2. The van der Waals surface area contributed by atoms with Crippen LogP contribution in [-0.2, 0) is 6.54 Å². The van der Waals surface area contributed by atoms with E-state index in [1.807, 2.05) is 36.4 Å². The Morgan fingerprint density at radius 3 is 2.32 bits per heavy atom. The smallest absolute Gasteiger partial charge is 0.131 e. The highest BCUT2D eigenvalue weighted by Crippen LogP contribution is 2.34. The molecule has 0 saturated carbocycles. The molecule has 2 rings (SSSR count). The van der Waals surface area contributed by atoms with E-state index in [0.29, 0.717) is 6.54 Å². The van der Waals surface area contributed by atoms with Gasteiger partial charge in [-0.05, 0) is 30.3 Å². The lowest BCUT2D eigenvalue weighted by atomic mass is 10.3. The van der Waals surface area contributed by atoms with Gasteiger partial charge in [-0.2, -0.15) is 10.5 Å². The molecular weight excluding hydrogens is 389 g/mol. The molecule has 96 valence electrons. The monoisotopic (exact) mass is 399 g/mol. The van der Waals surface area contributed by atoms with Gasteiger partial charge in [0.15, 0.2) is 0 Å². The normalized spacial score (nSPS) is 9.00. The topological polar surface area (TPSA) is 73.6 Å². The number of allylic oxidation sites excluding steroid dienone is 1. The Morgan fingerprint density at radius 2 is 1.74 bits per heavy atom. The molecule has 2 aromatic heterocycles. The zero-order chi connectivity index (χ0) is 13.0. The molecule has 0 aliphatic rings. The Morgan fingerprint density at radius 1 is 1.11 bits per heavy atom. The number of hydrogen-bond acceptors (Lipinski definition) is 5. The van der Waals surface area contributed by atoms with E-state index in [2.05, 4.69) is 0 Å². The van der Waals surface area contributed by atoms with Crippen molar-refractivity contribution in [2.45, 2.75) is 6.54 Å². The minimum Gasteiger partial charge on any atom is -0.326 e. The van der Waals surface area contributed by atoms with Crippen LogP contribution < -0.4 is 5.73 Å². The van der Waals surface area contributed by atoms with Crippen LogP contribution in [0.3, 0.4) is 0 Å². The summed E-state index contributed by atoms with van der Waals surface area (Å²) in [6.45, 7) is 0.551. The van der Waals surface area contributed by atoms with E-state index in [1.165, 1.54) is 0 Å². The van der Waals surface area contributed by atoms with Crippen LogP contribution in [0.4, 0.5) is 0 Å². The lowest BCUT2D eigenvalue weighted by molar-refractivity contribution is 1.11. The maximum atomic E-state index is 8.70. The molecule has 0 aromatic carbocycles. The number of thiophene rings is 2. The maximum Gasteiger partial charge on any atom is 0.131 e. The summed E-state index contributed by atoms with van der Waals surface area (Å²) in [5.74, 6) is 0. The zero-order valence-electron chi connectivity index (χ0n) is 9.79.